The number of carboxylic acids is 1. The molecule has 3 aromatic carbocycles. The van der Waals surface area contributed by atoms with Gasteiger partial charge < -0.3 is 10.0 Å². The van der Waals surface area contributed by atoms with Crippen molar-refractivity contribution in [1.29, 1.82) is 0 Å². The maximum atomic E-state index is 14.5. The van der Waals surface area contributed by atoms with Crippen molar-refractivity contribution in [3.05, 3.63) is 105 Å². The highest BCUT2D eigenvalue weighted by molar-refractivity contribution is 7.89. The minimum absolute atomic E-state index is 0.0304. The zero-order chi connectivity index (χ0) is 31.6. The van der Waals surface area contributed by atoms with Gasteiger partial charge in [0.1, 0.15) is 5.82 Å². The first-order valence-electron chi connectivity index (χ1n) is 14.6. The maximum Gasteiger partial charge on any atom is 0.304 e. The van der Waals surface area contributed by atoms with Crippen LogP contribution >= 0.6 is 23.2 Å². The number of carbonyl (C=O) groups is 2. The van der Waals surface area contributed by atoms with Crippen LogP contribution in [-0.2, 0) is 26.0 Å². The summed E-state index contributed by atoms with van der Waals surface area (Å²) in [6, 6.07) is 19.4. The smallest absolute Gasteiger partial charge is 0.304 e. The van der Waals surface area contributed by atoms with Crippen LogP contribution < -0.4 is 4.72 Å². The fourth-order valence-corrected chi connectivity index (χ4v) is 7.85. The average Bonchev–Trinajstić information content (AvgIpc) is 3.80. The molecule has 0 aromatic heterocycles. The lowest BCUT2D eigenvalue weighted by atomic mass is 9.67. The number of aliphatic carboxylic acids is 1. The summed E-state index contributed by atoms with van der Waals surface area (Å²) in [6.07, 6.45) is 1.64. The molecule has 234 valence electrons. The van der Waals surface area contributed by atoms with Crippen LogP contribution in [0.25, 0.3) is 0 Å². The average molecular weight is 662 g/mol. The minimum atomic E-state index is -3.80. The van der Waals surface area contributed by atoms with Crippen LogP contribution in [0.2, 0.25) is 10.0 Å². The van der Waals surface area contributed by atoms with Crippen molar-refractivity contribution in [3.63, 3.8) is 0 Å². The van der Waals surface area contributed by atoms with Crippen molar-refractivity contribution >= 4 is 45.1 Å². The number of amides is 1. The Hall–Kier alpha value is -2.98. The van der Waals surface area contributed by atoms with Crippen LogP contribution in [0.3, 0.4) is 0 Å². The Morgan fingerprint density at radius 3 is 2.39 bits per heavy atom. The number of likely N-dealkylation sites (tertiary alicyclic amines) is 1. The van der Waals surface area contributed by atoms with E-state index >= 15 is 0 Å². The van der Waals surface area contributed by atoms with Crippen molar-refractivity contribution in [2.24, 2.45) is 11.3 Å². The second-order valence-corrected chi connectivity index (χ2v) is 15.0. The zero-order valence-electron chi connectivity index (χ0n) is 24.3. The molecular formula is C33H35Cl2FN2O5S. The summed E-state index contributed by atoms with van der Waals surface area (Å²) in [5.74, 6) is -2.39. The molecule has 2 fully saturated rings. The molecule has 0 radical (unpaired) electrons. The number of hydrogen-bond donors (Lipinski definition) is 2. The normalized spacial score (nSPS) is 23.0. The number of carbonyl (C=O) groups excluding carboxylic acids is 1. The quantitative estimate of drug-likeness (QED) is 0.228. The predicted molar refractivity (Wildman–Crippen MR) is 169 cm³/mol. The van der Waals surface area contributed by atoms with E-state index in [-0.39, 0.29) is 49.3 Å². The number of aryl methyl sites for hydroxylation is 1. The molecule has 0 bridgehead atoms. The Kier molecular flexibility index (Phi) is 9.70. The molecule has 1 aliphatic carbocycles. The monoisotopic (exact) mass is 660 g/mol. The lowest BCUT2D eigenvalue weighted by Crippen LogP contribution is -2.59. The van der Waals surface area contributed by atoms with Crippen molar-refractivity contribution in [3.8, 4) is 0 Å². The van der Waals surface area contributed by atoms with Crippen LogP contribution in [0.5, 0.6) is 0 Å². The molecule has 11 heteroatoms. The number of halogens is 3. The first kappa shape index (κ1) is 32.4. The fraction of sp³-hybridized carbons (Fsp3) is 0.394. The van der Waals surface area contributed by atoms with Crippen molar-refractivity contribution < 1.29 is 27.5 Å². The molecule has 3 aromatic rings. The van der Waals surface area contributed by atoms with Crippen molar-refractivity contribution in [1.82, 2.24) is 9.62 Å². The van der Waals surface area contributed by atoms with Gasteiger partial charge in [-0.25, -0.2) is 17.5 Å². The van der Waals surface area contributed by atoms with E-state index in [0.717, 1.165) is 24.0 Å². The lowest BCUT2D eigenvalue weighted by Gasteiger charge is -2.52. The van der Waals surface area contributed by atoms with Gasteiger partial charge in [0.15, 0.2) is 0 Å². The molecule has 0 unspecified atom stereocenters. The Bertz CT molecular complexity index is 1630. The summed E-state index contributed by atoms with van der Waals surface area (Å²) in [4.78, 5) is 28.3. The molecule has 1 amide bonds. The molecule has 44 heavy (non-hydrogen) atoms. The van der Waals surface area contributed by atoms with Gasteiger partial charge in [0, 0.05) is 28.5 Å². The van der Waals surface area contributed by atoms with Crippen molar-refractivity contribution in [2.75, 3.05) is 12.3 Å². The predicted octanol–water partition coefficient (Wildman–Crippen LogP) is 6.61. The van der Waals surface area contributed by atoms with Crippen molar-refractivity contribution in [2.45, 2.75) is 57.0 Å². The highest BCUT2D eigenvalue weighted by Gasteiger charge is 2.54. The summed E-state index contributed by atoms with van der Waals surface area (Å²) < 4.78 is 42.7. The standard InChI is InChI=1S/C33H35Cl2FN2O5S/c1-33(19-30(39)40)18-28(24-5-3-6-26(35)17-24)31(23-10-12-25(34)13-11-23)38(32(33)41)29(22-8-9-22)20-37-44(42,43)15-14-21-4-2-7-27(36)16-21/h2-7,10-13,16-17,22,28-29,31,37H,8-9,14-15,18-20H2,1H3,(H,39,40)/t28-,29-,31-,33-/m1/s1. The van der Waals surface area contributed by atoms with Gasteiger partial charge in [0.2, 0.25) is 15.9 Å². The number of nitrogens with zero attached hydrogens (tertiary/aromatic N) is 1. The Morgan fingerprint density at radius 2 is 1.75 bits per heavy atom. The topological polar surface area (TPSA) is 104 Å². The third-order valence-corrected chi connectivity index (χ3v) is 10.6. The van der Waals surface area contributed by atoms with Gasteiger partial charge in [-0.3, -0.25) is 9.59 Å². The SMILES string of the molecule is C[C@]1(CC(=O)O)C[C@H](c2cccc(Cl)c2)[C@@H](c2ccc(Cl)cc2)N([C@H](CNS(=O)(=O)CCc2cccc(F)c2)C2CC2)C1=O. The van der Waals surface area contributed by atoms with Gasteiger partial charge in [-0.05, 0) is 84.7 Å². The first-order chi connectivity index (χ1) is 20.8. The van der Waals surface area contributed by atoms with E-state index in [4.69, 9.17) is 23.2 Å². The number of carboxylic acid groups (broad SMARTS) is 1. The maximum absolute atomic E-state index is 14.5. The second-order valence-electron chi connectivity index (χ2n) is 12.2. The number of hydrogen-bond acceptors (Lipinski definition) is 4. The molecule has 1 heterocycles. The fourth-order valence-electron chi connectivity index (χ4n) is 6.45. The van der Waals surface area contributed by atoms with Gasteiger partial charge in [-0.15, -0.1) is 0 Å². The van der Waals surface area contributed by atoms with Gasteiger partial charge in [-0.2, -0.15) is 0 Å². The molecule has 0 spiro atoms. The molecule has 4 atom stereocenters. The van der Waals surface area contributed by atoms with E-state index in [0.29, 0.717) is 15.6 Å². The Morgan fingerprint density at radius 1 is 1.05 bits per heavy atom. The summed E-state index contributed by atoms with van der Waals surface area (Å²) in [5.41, 5.74) is 0.990. The summed E-state index contributed by atoms with van der Waals surface area (Å²) in [5, 5.41) is 10.9. The highest BCUT2D eigenvalue weighted by atomic mass is 35.5. The molecule has 2 aliphatic rings. The van der Waals surface area contributed by atoms with Crippen LogP contribution in [0.15, 0.2) is 72.8 Å². The number of nitrogens with one attached hydrogen (secondary N) is 1. The highest BCUT2D eigenvalue weighted by Crippen LogP contribution is 2.54. The first-order valence-corrected chi connectivity index (χ1v) is 17.0. The van der Waals surface area contributed by atoms with E-state index in [1.807, 2.05) is 30.3 Å². The lowest BCUT2D eigenvalue weighted by molar-refractivity contribution is -0.161. The van der Waals surface area contributed by atoms with E-state index in [2.05, 4.69) is 4.72 Å². The largest absolute Gasteiger partial charge is 0.481 e. The number of piperidine rings is 1. The van der Waals surface area contributed by atoms with Crippen LogP contribution in [0.1, 0.15) is 61.3 Å². The Labute approximate surface area is 267 Å². The molecule has 7 nitrogen and oxygen atoms in total. The third kappa shape index (κ3) is 7.62. The number of benzene rings is 3. The van der Waals surface area contributed by atoms with E-state index < -0.39 is 39.3 Å². The summed E-state index contributed by atoms with van der Waals surface area (Å²) >= 11 is 12.7. The van der Waals surface area contributed by atoms with E-state index in [1.165, 1.54) is 18.2 Å². The molecule has 5 rings (SSSR count). The Balaban J connectivity index is 1.52. The van der Waals surface area contributed by atoms with Gasteiger partial charge in [0.05, 0.1) is 23.6 Å². The molecule has 1 aliphatic heterocycles. The summed E-state index contributed by atoms with van der Waals surface area (Å²) in [7, 11) is -3.80. The number of rotatable bonds is 12. The molecule has 1 saturated heterocycles. The molecular weight excluding hydrogens is 626 g/mol. The molecule has 2 N–H and O–H groups in total. The molecule has 1 saturated carbocycles. The van der Waals surface area contributed by atoms with Gasteiger partial charge in [0.25, 0.3) is 0 Å². The minimum Gasteiger partial charge on any atom is -0.481 e. The second kappa shape index (κ2) is 13.2. The van der Waals surface area contributed by atoms with E-state index in [9.17, 15) is 27.5 Å². The van der Waals surface area contributed by atoms with E-state index in [1.54, 1.807) is 36.1 Å². The zero-order valence-corrected chi connectivity index (χ0v) is 26.6. The third-order valence-electron chi connectivity index (χ3n) is 8.72. The van der Waals surface area contributed by atoms with Crippen LogP contribution in [-0.4, -0.2) is 48.6 Å². The van der Waals surface area contributed by atoms with Crippen LogP contribution in [0.4, 0.5) is 4.39 Å². The van der Waals surface area contributed by atoms with Crippen LogP contribution in [0, 0.1) is 17.2 Å². The number of sulfonamides is 1. The summed E-state index contributed by atoms with van der Waals surface area (Å²) in [6.45, 7) is 1.65. The van der Waals surface area contributed by atoms with Gasteiger partial charge >= 0.3 is 5.97 Å². The van der Waals surface area contributed by atoms with Gasteiger partial charge in [-0.1, -0.05) is 66.5 Å².